The van der Waals surface area contributed by atoms with E-state index in [9.17, 15) is 0 Å². The summed E-state index contributed by atoms with van der Waals surface area (Å²) in [5, 5.41) is 4.43. The summed E-state index contributed by atoms with van der Waals surface area (Å²) in [5.41, 5.74) is 4.92. The third-order valence-corrected chi connectivity index (χ3v) is 5.20. The van der Waals surface area contributed by atoms with Crippen molar-refractivity contribution in [2.24, 2.45) is 0 Å². The van der Waals surface area contributed by atoms with Gasteiger partial charge in [-0.2, -0.15) is 0 Å². The number of hydrogen-bond donors (Lipinski definition) is 1. The van der Waals surface area contributed by atoms with Gasteiger partial charge in [-0.15, -0.1) is 0 Å². The minimum Gasteiger partial charge on any atom is -0.356 e. The van der Waals surface area contributed by atoms with Crippen molar-refractivity contribution in [1.29, 1.82) is 0 Å². The average Bonchev–Trinajstić information content (AvgIpc) is 2.60. The lowest BCUT2D eigenvalue weighted by Crippen LogP contribution is -2.26. The van der Waals surface area contributed by atoms with Gasteiger partial charge in [0, 0.05) is 11.9 Å². The van der Waals surface area contributed by atoms with Crippen molar-refractivity contribution < 1.29 is 0 Å². The Balaban J connectivity index is 0.00000100. The Kier molecular flexibility index (Phi) is 7.14. The van der Waals surface area contributed by atoms with E-state index < -0.39 is 0 Å². The third kappa shape index (κ3) is 4.32. The van der Waals surface area contributed by atoms with Crippen molar-refractivity contribution in [3.05, 3.63) is 76.2 Å². The molecule has 0 bridgehead atoms. The Labute approximate surface area is 167 Å². The number of rotatable bonds is 2. The molecule has 0 radical (unpaired) electrons. The van der Waals surface area contributed by atoms with E-state index in [1.54, 1.807) is 12.3 Å². The van der Waals surface area contributed by atoms with E-state index in [0.29, 0.717) is 19.7 Å². The van der Waals surface area contributed by atoms with E-state index in [4.69, 9.17) is 23.2 Å². The molecular weight excluding hydrogens is 454 g/mol. The predicted octanol–water partition coefficient (Wildman–Crippen LogP) is 6.59. The van der Waals surface area contributed by atoms with Gasteiger partial charge in [0.15, 0.2) is 0 Å². The number of benzene rings is 1. The van der Waals surface area contributed by atoms with Crippen molar-refractivity contribution in [1.82, 2.24) is 10.3 Å². The maximum Gasteiger partial charge on any atom is 0.105 e. The molecule has 2 aromatic rings. The first-order valence-corrected chi connectivity index (χ1v) is 9.76. The van der Waals surface area contributed by atoms with Crippen LogP contribution < -0.4 is 5.32 Å². The topological polar surface area (TPSA) is 24.9 Å². The summed E-state index contributed by atoms with van der Waals surface area (Å²) in [4.78, 5) is 4.41. The fourth-order valence-electron chi connectivity index (χ4n) is 2.42. The highest BCUT2D eigenvalue weighted by Crippen LogP contribution is 2.38. The summed E-state index contributed by atoms with van der Waals surface area (Å²) < 4.78 is 0.322. The van der Waals surface area contributed by atoms with Gasteiger partial charge in [-0.05, 0) is 23.6 Å². The second-order valence-corrected chi connectivity index (χ2v) is 7.37. The van der Waals surface area contributed by atoms with E-state index in [1.165, 1.54) is 5.57 Å². The maximum absolute atomic E-state index is 6.35. The molecule has 2 nitrogen and oxygen atoms in total. The van der Waals surface area contributed by atoms with E-state index in [-0.39, 0.29) is 0 Å². The zero-order valence-electron chi connectivity index (χ0n) is 13.6. The Morgan fingerprint density at radius 3 is 2.50 bits per heavy atom. The van der Waals surface area contributed by atoms with Gasteiger partial charge in [-0.1, -0.05) is 96.6 Å². The zero-order valence-corrected chi connectivity index (χ0v) is 17.3. The molecule has 3 rings (SSSR count). The Morgan fingerprint density at radius 2 is 1.88 bits per heavy atom. The molecule has 1 aromatic carbocycles. The number of nitrogens with one attached hydrogen (secondary N) is 1. The largest absolute Gasteiger partial charge is 0.356 e. The first kappa shape index (κ1) is 19.3. The third-order valence-electron chi connectivity index (χ3n) is 3.52. The van der Waals surface area contributed by atoms with Gasteiger partial charge in [-0.25, -0.2) is 0 Å². The molecule has 1 aliphatic rings. The van der Waals surface area contributed by atoms with Crippen molar-refractivity contribution in [3.63, 3.8) is 0 Å². The van der Waals surface area contributed by atoms with Crippen LogP contribution in [0.25, 0.3) is 11.3 Å². The molecule has 0 spiro atoms. The number of halogens is 3. The predicted molar refractivity (Wildman–Crippen MR) is 114 cm³/mol. The van der Waals surface area contributed by atoms with Gasteiger partial charge < -0.3 is 5.32 Å². The van der Waals surface area contributed by atoms with Crippen LogP contribution in [0, 0.1) is 0 Å². The number of alkyl halides is 1. The first-order valence-electron chi connectivity index (χ1n) is 7.76. The van der Waals surface area contributed by atoms with Crippen LogP contribution in [0.2, 0.25) is 10.0 Å². The number of allylic oxidation sites excluding steroid dienone is 2. The van der Waals surface area contributed by atoms with Gasteiger partial charge in [0.25, 0.3) is 0 Å². The molecule has 1 aliphatic heterocycles. The van der Waals surface area contributed by atoms with Crippen LogP contribution in [0.5, 0.6) is 0 Å². The Bertz CT molecular complexity index is 757. The monoisotopic (exact) mass is 472 g/mol. The smallest absolute Gasteiger partial charge is 0.105 e. The fourth-order valence-corrected chi connectivity index (χ4v) is 3.49. The summed E-state index contributed by atoms with van der Waals surface area (Å²) in [5.74, 6) is 0. The molecule has 1 aromatic heterocycles. The van der Waals surface area contributed by atoms with Crippen LogP contribution in [0.1, 0.15) is 31.5 Å². The van der Waals surface area contributed by atoms with Gasteiger partial charge in [0.05, 0.1) is 19.7 Å². The normalized spacial score (nSPS) is 17.0. The van der Waals surface area contributed by atoms with Crippen LogP contribution in [0.4, 0.5) is 0 Å². The molecule has 0 saturated heterocycles. The highest BCUT2D eigenvalue weighted by atomic mass is 127. The molecule has 1 unspecified atom stereocenters. The number of pyridine rings is 1. The van der Waals surface area contributed by atoms with Crippen LogP contribution in [0.3, 0.4) is 0 Å². The van der Waals surface area contributed by atoms with Crippen LogP contribution >= 0.6 is 45.8 Å². The highest BCUT2D eigenvalue weighted by Gasteiger charge is 2.25. The van der Waals surface area contributed by atoms with E-state index in [1.807, 2.05) is 32.0 Å². The lowest BCUT2D eigenvalue weighted by atomic mass is 9.93. The number of aromatic nitrogens is 1. The second-order valence-electron chi connectivity index (χ2n) is 5.03. The lowest BCUT2D eigenvalue weighted by Gasteiger charge is -2.28. The minimum atomic E-state index is 0.322. The van der Waals surface area contributed by atoms with Crippen molar-refractivity contribution >= 4 is 57.1 Å². The van der Waals surface area contributed by atoms with E-state index in [2.05, 4.69) is 51.6 Å². The zero-order chi connectivity index (χ0) is 17.7. The Hall–Kier alpha value is -1.04. The SMILES string of the molecule is C=C1NC(c2ncc(Cl)cc2Cl)=C(c2ccccc2)CC1I.CC. The average molecular weight is 473 g/mol. The number of hydrogen-bond acceptors (Lipinski definition) is 2. The standard InChI is InChI=1S/C17H13Cl2IN2.C2H6/c1-10-15(20)8-13(11-5-3-2-4-6-11)16(22-10)17-14(19)7-12(18)9-21-17;1-2/h2-7,9,15,22H,1,8H2;1-2H3. The fraction of sp³-hybridized carbons (Fsp3) is 0.211. The quantitative estimate of drug-likeness (QED) is 0.393. The summed E-state index contributed by atoms with van der Waals surface area (Å²) in [6, 6.07) is 12.0. The Morgan fingerprint density at radius 1 is 1.21 bits per heavy atom. The second kappa shape index (κ2) is 8.88. The van der Waals surface area contributed by atoms with Gasteiger partial charge >= 0.3 is 0 Å². The van der Waals surface area contributed by atoms with Crippen LogP contribution in [-0.4, -0.2) is 8.91 Å². The minimum absolute atomic E-state index is 0.322. The van der Waals surface area contributed by atoms with Crippen LogP contribution in [-0.2, 0) is 0 Å². The highest BCUT2D eigenvalue weighted by molar-refractivity contribution is 14.1. The summed E-state index contributed by atoms with van der Waals surface area (Å²) in [6.45, 7) is 8.10. The molecule has 0 saturated carbocycles. The van der Waals surface area contributed by atoms with Crippen molar-refractivity contribution in [2.45, 2.75) is 24.2 Å². The molecule has 126 valence electrons. The number of nitrogens with zero attached hydrogens (tertiary/aromatic N) is 1. The van der Waals surface area contributed by atoms with E-state index in [0.717, 1.165) is 23.4 Å². The van der Waals surface area contributed by atoms with Gasteiger partial charge in [0.1, 0.15) is 5.69 Å². The maximum atomic E-state index is 6.35. The summed E-state index contributed by atoms with van der Waals surface area (Å²) in [7, 11) is 0. The molecule has 0 amide bonds. The molecule has 5 heteroatoms. The summed E-state index contributed by atoms with van der Waals surface area (Å²) in [6.07, 6.45) is 2.49. The van der Waals surface area contributed by atoms with Crippen molar-refractivity contribution in [2.75, 3.05) is 0 Å². The molecule has 2 heterocycles. The van der Waals surface area contributed by atoms with Gasteiger partial charge in [0.2, 0.25) is 0 Å². The first-order chi connectivity index (χ1) is 11.6. The summed E-state index contributed by atoms with van der Waals surface area (Å²) >= 11 is 14.7. The molecular formula is C19H19Cl2IN2. The molecule has 0 aliphatic carbocycles. The molecule has 1 atom stereocenters. The van der Waals surface area contributed by atoms with Crippen LogP contribution in [0.15, 0.2) is 54.9 Å². The van der Waals surface area contributed by atoms with Crippen molar-refractivity contribution in [3.8, 4) is 0 Å². The lowest BCUT2D eigenvalue weighted by molar-refractivity contribution is 0.907. The molecule has 1 N–H and O–H groups in total. The molecule has 24 heavy (non-hydrogen) atoms. The molecule has 0 fully saturated rings. The van der Waals surface area contributed by atoms with Gasteiger partial charge in [-0.3, -0.25) is 4.98 Å². The van der Waals surface area contributed by atoms with E-state index >= 15 is 0 Å².